The highest BCUT2D eigenvalue weighted by molar-refractivity contribution is 5.87. The van der Waals surface area contributed by atoms with Crippen LogP contribution in [0.5, 0.6) is 5.75 Å². The standard InChI is InChI=1S/C23H15NO5/c25-18-11-12-19-21(14-18)29-20(22(23(19)26)16-4-2-1-3-5-16)13-8-15-6-9-17(10-7-15)24(27)28/h1-14,25H/b13-8+. The van der Waals surface area contributed by atoms with Crippen LogP contribution >= 0.6 is 0 Å². The number of benzene rings is 3. The molecule has 0 spiro atoms. The first kappa shape index (κ1) is 18.2. The van der Waals surface area contributed by atoms with Gasteiger partial charge in [-0.1, -0.05) is 36.4 Å². The number of hydrogen-bond acceptors (Lipinski definition) is 5. The topological polar surface area (TPSA) is 93.6 Å². The van der Waals surface area contributed by atoms with Gasteiger partial charge in [-0.2, -0.15) is 0 Å². The molecule has 3 aromatic carbocycles. The number of nitro benzene ring substituents is 1. The molecule has 0 saturated carbocycles. The maximum atomic E-state index is 13.1. The molecule has 1 aromatic heterocycles. The Morgan fingerprint density at radius 3 is 2.34 bits per heavy atom. The number of nitro groups is 1. The highest BCUT2D eigenvalue weighted by Gasteiger charge is 2.15. The van der Waals surface area contributed by atoms with E-state index < -0.39 is 4.92 Å². The van der Waals surface area contributed by atoms with Crippen LogP contribution in [0.1, 0.15) is 11.3 Å². The largest absolute Gasteiger partial charge is 0.508 e. The molecule has 1 N–H and O–H groups in total. The van der Waals surface area contributed by atoms with E-state index in [1.807, 2.05) is 30.3 Å². The van der Waals surface area contributed by atoms with Crippen molar-refractivity contribution in [2.45, 2.75) is 0 Å². The molecule has 0 bridgehead atoms. The summed E-state index contributed by atoms with van der Waals surface area (Å²) in [6.07, 6.45) is 3.36. The molecule has 0 unspecified atom stereocenters. The number of fused-ring (bicyclic) bond motifs is 1. The average Bonchev–Trinajstić information content (AvgIpc) is 2.73. The fraction of sp³-hybridized carbons (Fsp3) is 0. The van der Waals surface area contributed by atoms with Crippen molar-refractivity contribution in [3.63, 3.8) is 0 Å². The summed E-state index contributed by atoms with van der Waals surface area (Å²) < 4.78 is 5.94. The van der Waals surface area contributed by atoms with Gasteiger partial charge in [0.1, 0.15) is 17.1 Å². The zero-order valence-corrected chi connectivity index (χ0v) is 15.1. The third-order valence-corrected chi connectivity index (χ3v) is 4.50. The fourth-order valence-electron chi connectivity index (χ4n) is 3.07. The Hall–Kier alpha value is -4.19. The number of aromatic hydroxyl groups is 1. The zero-order valence-electron chi connectivity index (χ0n) is 15.1. The van der Waals surface area contributed by atoms with E-state index >= 15 is 0 Å². The molecule has 142 valence electrons. The summed E-state index contributed by atoms with van der Waals surface area (Å²) in [7, 11) is 0. The number of rotatable bonds is 4. The van der Waals surface area contributed by atoms with Crippen LogP contribution < -0.4 is 5.43 Å². The van der Waals surface area contributed by atoms with Crippen LogP contribution in [0.15, 0.2) is 82.0 Å². The summed E-state index contributed by atoms with van der Waals surface area (Å²) in [6.45, 7) is 0. The lowest BCUT2D eigenvalue weighted by Gasteiger charge is -2.08. The van der Waals surface area contributed by atoms with Crippen LogP contribution in [0.3, 0.4) is 0 Å². The highest BCUT2D eigenvalue weighted by atomic mass is 16.6. The Morgan fingerprint density at radius 2 is 1.66 bits per heavy atom. The second-order valence-electron chi connectivity index (χ2n) is 6.40. The molecular formula is C23H15NO5. The Bertz CT molecular complexity index is 1290. The summed E-state index contributed by atoms with van der Waals surface area (Å²) in [6, 6.07) is 19.6. The Morgan fingerprint density at radius 1 is 0.931 bits per heavy atom. The van der Waals surface area contributed by atoms with Crippen molar-refractivity contribution in [2.75, 3.05) is 0 Å². The van der Waals surface area contributed by atoms with Crippen LogP contribution in [-0.4, -0.2) is 10.0 Å². The molecule has 0 amide bonds. The van der Waals surface area contributed by atoms with E-state index in [1.165, 1.54) is 30.3 Å². The van der Waals surface area contributed by atoms with Crippen molar-refractivity contribution >= 4 is 28.8 Å². The number of phenols is 1. The van der Waals surface area contributed by atoms with E-state index in [4.69, 9.17) is 4.42 Å². The monoisotopic (exact) mass is 385 g/mol. The summed E-state index contributed by atoms with van der Waals surface area (Å²) in [5, 5.41) is 20.9. The molecule has 0 atom stereocenters. The third kappa shape index (κ3) is 3.64. The first-order valence-corrected chi connectivity index (χ1v) is 8.81. The zero-order chi connectivity index (χ0) is 20.4. The molecule has 4 rings (SSSR count). The molecule has 0 aliphatic carbocycles. The van der Waals surface area contributed by atoms with Crippen molar-refractivity contribution in [1.29, 1.82) is 0 Å². The Kier molecular flexibility index (Phi) is 4.66. The highest BCUT2D eigenvalue weighted by Crippen LogP contribution is 2.28. The van der Waals surface area contributed by atoms with Gasteiger partial charge in [-0.25, -0.2) is 0 Å². The fourth-order valence-corrected chi connectivity index (χ4v) is 3.07. The molecular weight excluding hydrogens is 370 g/mol. The molecule has 0 fully saturated rings. The van der Waals surface area contributed by atoms with Crippen molar-refractivity contribution in [3.05, 3.63) is 104 Å². The smallest absolute Gasteiger partial charge is 0.269 e. The molecule has 6 heteroatoms. The van der Waals surface area contributed by atoms with Gasteiger partial charge in [0.25, 0.3) is 5.69 Å². The second kappa shape index (κ2) is 7.44. The molecule has 29 heavy (non-hydrogen) atoms. The third-order valence-electron chi connectivity index (χ3n) is 4.50. The lowest BCUT2D eigenvalue weighted by atomic mass is 10.0. The lowest BCUT2D eigenvalue weighted by Crippen LogP contribution is -2.07. The van der Waals surface area contributed by atoms with Gasteiger partial charge in [-0.15, -0.1) is 0 Å². The van der Waals surface area contributed by atoms with E-state index in [2.05, 4.69) is 0 Å². The van der Waals surface area contributed by atoms with Crippen molar-refractivity contribution in [2.24, 2.45) is 0 Å². The first-order valence-electron chi connectivity index (χ1n) is 8.81. The SMILES string of the molecule is O=c1c(-c2ccccc2)c(/C=C/c2ccc([N+](=O)[O-])cc2)oc2cc(O)ccc12. The average molecular weight is 385 g/mol. The van der Waals surface area contributed by atoms with Crippen molar-refractivity contribution in [3.8, 4) is 16.9 Å². The molecule has 4 aromatic rings. The summed E-state index contributed by atoms with van der Waals surface area (Å²) in [5.41, 5.74) is 1.90. The minimum Gasteiger partial charge on any atom is -0.508 e. The normalized spacial score (nSPS) is 11.2. The molecule has 0 radical (unpaired) electrons. The maximum Gasteiger partial charge on any atom is 0.269 e. The Labute approximate surface area is 165 Å². The van der Waals surface area contributed by atoms with Crippen LogP contribution in [0.4, 0.5) is 5.69 Å². The van der Waals surface area contributed by atoms with Crippen LogP contribution in [0.25, 0.3) is 34.2 Å². The van der Waals surface area contributed by atoms with Crippen molar-refractivity contribution < 1.29 is 14.4 Å². The van der Waals surface area contributed by atoms with Crippen LogP contribution in [0.2, 0.25) is 0 Å². The van der Waals surface area contributed by atoms with E-state index in [9.17, 15) is 20.0 Å². The second-order valence-corrected chi connectivity index (χ2v) is 6.40. The van der Waals surface area contributed by atoms with E-state index in [0.29, 0.717) is 27.8 Å². The summed E-state index contributed by atoms with van der Waals surface area (Å²) in [4.78, 5) is 23.5. The first-order chi connectivity index (χ1) is 14.0. The summed E-state index contributed by atoms with van der Waals surface area (Å²) >= 11 is 0. The molecule has 6 nitrogen and oxygen atoms in total. The van der Waals surface area contributed by atoms with Gasteiger partial charge in [0.2, 0.25) is 5.43 Å². The predicted octanol–water partition coefficient (Wildman–Crippen LogP) is 5.24. The predicted molar refractivity (Wildman–Crippen MR) is 112 cm³/mol. The summed E-state index contributed by atoms with van der Waals surface area (Å²) in [5.74, 6) is 0.330. The van der Waals surface area contributed by atoms with Gasteiger partial charge in [0, 0.05) is 18.2 Å². The van der Waals surface area contributed by atoms with E-state index in [1.54, 1.807) is 24.3 Å². The van der Waals surface area contributed by atoms with Gasteiger partial charge in [-0.3, -0.25) is 14.9 Å². The van der Waals surface area contributed by atoms with Gasteiger partial charge >= 0.3 is 0 Å². The van der Waals surface area contributed by atoms with Gasteiger partial charge in [0.05, 0.1) is 15.9 Å². The molecule has 0 aliphatic rings. The number of phenolic OH excluding ortho intramolecular Hbond substituents is 1. The van der Waals surface area contributed by atoms with Crippen molar-refractivity contribution in [1.82, 2.24) is 0 Å². The van der Waals surface area contributed by atoms with Crippen LogP contribution in [0, 0.1) is 10.1 Å². The molecule has 1 heterocycles. The minimum atomic E-state index is -0.462. The maximum absolute atomic E-state index is 13.1. The number of non-ortho nitro benzene ring substituents is 1. The lowest BCUT2D eigenvalue weighted by molar-refractivity contribution is -0.384. The van der Waals surface area contributed by atoms with Gasteiger partial charge in [0.15, 0.2) is 0 Å². The minimum absolute atomic E-state index is 0.000151. The van der Waals surface area contributed by atoms with Crippen LogP contribution in [-0.2, 0) is 0 Å². The van der Waals surface area contributed by atoms with Gasteiger partial charge < -0.3 is 9.52 Å². The Balaban J connectivity index is 1.87. The van der Waals surface area contributed by atoms with E-state index in [-0.39, 0.29) is 22.4 Å². The molecule has 0 saturated heterocycles. The molecule has 0 aliphatic heterocycles. The number of nitrogens with zero attached hydrogens (tertiary/aromatic N) is 1. The van der Waals surface area contributed by atoms with E-state index in [0.717, 1.165) is 0 Å². The van der Waals surface area contributed by atoms with Gasteiger partial charge in [-0.05, 0) is 41.5 Å². The quantitative estimate of drug-likeness (QED) is 0.383. The number of hydrogen-bond donors (Lipinski definition) is 1.